The van der Waals surface area contributed by atoms with Crippen molar-refractivity contribution in [3.8, 4) is 5.75 Å². The standard InChI is InChI=1S/C16H19N3O3/c1-21-15-5-3-2-4-12(15)8-16(20)18-13-9-17-19(10-13)14-6-7-22-11-14/h2-5,9-10,14H,6-8,11H2,1H3,(H,18,20)/t14-/m0/s1. The molecular formula is C16H19N3O3. The van der Waals surface area contributed by atoms with Crippen molar-refractivity contribution >= 4 is 11.6 Å². The Bertz CT molecular complexity index is 648. The summed E-state index contributed by atoms with van der Waals surface area (Å²) in [6.45, 7) is 1.44. The smallest absolute Gasteiger partial charge is 0.229 e. The summed E-state index contributed by atoms with van der Waals surface area (Å²) in [5, 5.41) is 7.16. The zero-order valence-corrected chi connectivity index (χ0v) is 12.5. The fourth-order valence-electron chi connectivity index (χ4n) is 2.56. The van der Waals surface area contributed by atoms with Crippen LogP contribution in [0, 0.1) is 0 Å². The highest BCUT2D eigenvalue weighted by Crippen LogP contribution is 2.21. The predicted octanol–water partition coefficient (Wildman–Crippen LogP) is 2.03. The van der Waals surface area contributed by atoms with Gasteiger partial charge in [0.2, 0.25) is 5.91 Å². The molecule has 22 heavy (non-hydrogen) atoms. The van der Waals surface area contributed by atoms with Gasteiger partial charge in [0.1, 0.15) is 5.75 Å². The highest BCUT2D eigenvalue weighted by Gasteiger charge is 2.18. The second-order valence-electron chi connectivity index (χ2n) is 5.26. The van der Waals surface area contributed by atoms with Crippen LogP contribution < -0.4 is 10.1 Å². The molecule has 1 fully saturated rings. The Morgan fingerprint density at radius 3 is 3.14 bits per heavy atom. The van der Waals surface area contributed by atoms with E-state index < -0.39 is 0 Å². The number of rotatable bonds is 5. The molecule has 1 aliphatic rings. The lowest BCUT2D eigenvalue weighted by Crippen LogP contribution is -2.14. The van der Waals surface area contributed by atoms with Gasteiger partial charge in [-0.05, 0) is 12.5 Å². The van der Waals surface area contributed by atoms with E-state index in [9.17, 15) is 4.79 Å². The van der Waals surface area contributed by atoms with Crippen LogP contribution in [0.15, 0.2) is 36.7 Å². The molecule has 1 saturated heterocycles. The molecular weight excluding hydrogens is 282 g/mol. The van der Waals surface area contributed by atoms with Crippen molar-refractivity contribution in [1.29, 1.82) is 0 Å². The molecule has 1 aromatic carbocycles. The SMILES string of the molecule is COc1ccccc1CC(=O)Nc1cnn([C@H]2CCOC2)c1. The summed E-state index contributed by atoms with van der Waals surface area (Å²) in [5.41, 5.74) is 1.56. The van der Waals surface area contributed by atoms with Crippen molar-refractivity contribution in [2.75, 3.05) is 25.6 Å². The minimum Gasteiger partial charge on any atom is -0.496 e. The van der Waals surface area contributed by atoms with Crippen molar-refractivity contribution in [1.82, 2.24) is 9.78 Å². The average Bonchev–Trinajstić information content (AvgIpc) is 3.18. The summed E-state index contributed by atoms with van der Waals surface area (Å²) in [7, 11) is 1.60. The summed E-state index contributed by atoms with van der Waals surface area (Å²) < 4.78 is 12.5. The summed E-state index contributed by atoms with van der Waals surface area (Å²) in [4.78, 5) is 12.2. The lowest BCUT2D eigenvalue weighted by molar-refractivity contribution is -0.115. The van der Waals surface area contributed by atoms with E-state index in [1.165, 1.54) is 0 Å². The highest BCUT2D eigenvalue weighted by atomic mass is 16.5. The largest absolute Gasteiger partial charge is 0.496 e. The fourth-order valence-corrected chi connectivity index (χ4v) is 2.56. The Labute approximate surface area is 129 Å². The number of hydrogen-bond acceptors (Lipinski definition) is 4. The van der Waals surface area contributed by atoms with E-state index in [1.54, 1.807) is 13.3 Å². The van der Waals surface area contributed by atoms with Gasteiger partial charge in [-0.2, -0.15) is 5.10 Å². The zero-order valence-electron chi connectivity index (χ0n) is 12.5. The van der Waals surface area contributed by atoms with Gasteiger partial charge >= 0.3 is 0 Å². The topological polar surface area (TPSA) is 65.4 Å². The number of methoxy groups -OCH3 is 1. The monoisotopic (exact) mass is 301 g/mol. The molecule has 1 N–H and O–H groups in total. The Hall–Kier alpha value is -2.34. The van der Waals surface area contributed by atoms with Crippen molar-refractivity contribution in [2.24, 2.45) is 0 Å². The molecule has 0 saturated carbocycles. The molecule has 116 valence electrons. The van der Waals surface area contributed by atoms with Gasteiger partial charge in [-0.25, -0.2) is 0 Å². The Balaban J connectivity index is 1.62. The van der Waals surface area contributed by atoms with E-state index in [2.05, 4.69) is 10.4 Å². The first-order valence-electron chi connectivity index (χ1n) is 7.30. The van der Waals surface area contributed by atoms with Crippen molar-refractivity contribution < 1.29 is 14.3 Å². The number of carbonyl (C=O) groups is 1. The number of benzene rings is 1. The number of para-hydroxylation sites is 1. The number of amides is 1. The van der Waals surface area contributed by atoms with Gasteiger partial charge < -0.3 is 14.8 Å². The molecule has 1 aliphatic heterocycles. The Morgan fingerprint density at radius 2 is 2.36 bits per heavy atom. The minimum absolute atomic E-state index is 0.0910. The third-order valence-corrected chi connectivity index (χ3v) is 3.71. The van der Waals surface area contributed by atoms with Crippen molar-refractivity contribution in [3.63, 3.8) is 0 Å². The molecule has 1 atom stereocenters. The molecule has 0 spiro atoms. The minimum atomic E-state index is -0.0910. The molecule has 0 aliphatic carbocycles. The van der Waals surface area contributed by atoms with Crippen LogP contribution in [0.25, 0.3) is 0 Å². The van der Waals surface area contributed by atoms with Gasteiger partial charge in [-0.1, -0.05) is 18.2 Å². The molecule has 1 aromatic heterocycles. The lowest BCUT2D eigenvalue weighted by Gasteiger charge is -2.08. The van der Waals surface area contributed by atoms with Crippen molar-refractivity contribution in [3.05, 3.63) is 42.2 Å². The number of nitrogens with one attached hydrogen (secondary N) is 1. The number of hydrogen-bond donors (Lipinski definition) is 1. The Kier molecular flexibility index (Phi) is 4.39. The molecule has 2 aromatic rings. The van der Waals surface area contributed by atoms with Gasteiger partial charge in [0.15, 0.2) is 0 Å². The van der Waals surface area contributed by atoms with E-state index in [0.29, 0.717) is 12.3 Å². The molecule has 1 amide bonds. The lowest BCUT2D eigenvalue weighted by atomic mass is 10.1. The summed E-state index contributed by atoms with van der Waals surface area (Å²) in [6, 6.07) is 7.77. The summed E-state index contributed by atoms with van der Waals surface area (Å²) in [5.74, 6) is 0.628. The van der Waals surface area contributed by atoms with Gasteiger partial charge in [-0.3, -0.25) is 9.48 Å². The van der Waals surface area contributed by atoms with E-state index >= 15 is 0 Å². The molecule has 2 heterocycles. The fraction of sp³-hybridized carbons (Fsp3) is 0.375. The Morgan fingerprint density at radius 1 is 1.50 bits per heavy atom. The normalized spacial score (nSPS) is 17.4. The maximum atomic E-state index is 12.2. The van der Waals surface area contributed by atoms with E-state index in [0.717, 1.165) is 24.3 Å². The van der Waals surface area contributed by atoms with Crippen LogP contribution in [0.3, 0.4) is 0 Å². The van der Waals surface area contributed by atoms with Gasteiger partial charge in [0.05, 0.1) is 38.1 Å². The van der Waals surface area contributed by atoms with Crippen LogP contribution in [-0.4, -0.2) is 36.0 Å². The maximum Gasteiger partial charge on any atom is 0.229 e. The molecule has 6 nitrogen and oxygen atoms in total. The van der Waals surface area contributed by atoms with Gasteiger partial charge in [-0.15, -0.1) is 0 Å². The van der Waals surface area contributed by atoms with Crippen LogP contribution >= 0.6 is 0 Å². The molecule has 3 rings (SSSR count). The summed E-state index contributed by atoms with van der Waals surface area (Å²) >= 11 is 0. The van der Waals surface area contributed by atoms with Gasteiger partial charge in [0, 0.05) is 18.4 Å². The first kappa shape index (κ1) is 14.6. The maximum absolute atomic E-state index is 12.2. The third kappa shape index (κ3) is 3.28. The number of carbonyl (C=O) groups excluding carboxylic acids is 1. The van der Waals surface area contributed by atoms with Crippen LogP contribution in [0.4, 0.5) is 5.69 Å². The molecule has 0 bridgehead atoms. The number of aromatic nitrogens is 2. The second kappa shape index (κ2) is 6.62. The number of anilines is 1. The molecule has 6 heteroatoms. The zero-order chi connectivity index (χ0) is 15.4. The van der Waals surface area contributed by atoms with Crippen LogP contribution in [0.5, 0.6) is 5.75 Å². The first-order chi connectivity index (χ1) is 10.8. The third-order valence-electron chi connectivity index (χ3n) is 3.71. The average molecular weight is 301 g/mol. The van der Waals surface area contributed by atoms with E-state index in [-0.39, 0.29) is 18.4 Å². The van der Waals surface area contributed by atoms with Crippen LogP contribution in [0.2, 0.25) is 0 Å². The summed E-state index contributed by atoms with van der Waals surface area (Å²) in [6.07, 6.45) is 4.73. The van der Waals surface area contributed by atoms with Crippen LogP contribution in [-0.2, 0) is 16.0 Å². The molecule has 0 radical (unpaired) electrons. The van der Waals surface area contributed by atoms with E-state index in [4.69, 9.17) is 9.47 Å². The highest BCUT2D eigenvalue weighted by molar-refractivity contribution is 5.92. The van der Waals surface area contributed by atoms with Crippen molar-refractivity contribution in [2.45, 2.75) is 18.9 Å². The molecule has 0 unspecified atom stereocenters. The first-order valence-corrected chi connectivity index (χ1v) is 7.30. The van der Waals surface area contributed by atoms with E-state index in [1.807, 2.05) is 35.1 Å². The number of nitrogens with zero attached hydrogens (tertiary/aromatic N) is 2. The number of ether oxygens (including phenoxy) is 2. The predicted molar refractivity (Wildman–Crippen MR) is 82.0 cm³/mol. The quantitative estimate of drug-likeness (QED) is 0.918. The van der Waals surface area contributed by atoms with Gasteiger partial charge in [0.25, 0.3) is 0 Å². The second-order valence-corrected chi connectivity index (χ2v) is 5.26. The van der Waals surface area contributed by atoms with Crippen LogP contribution in [0.1, 0.15) is 18.0 Å².